The summed E-state index contributed by atoms with van der Waals surface area (Å²) in [4.78, 5) is 5.05. The van der Waals surface area contributed by atoms with Gasteiger partial charge in [-0.2, -0.15) is 0 Å². The molecule has 2 N–H and O–H groups in total. The zero-order valence-electron chi connectivity index (χ0n) is 13.1. The van der Waals surface area contributed by atoms with Crippen LogP contribution in [0.3, 0.4) is 0 Å². The highest BCUT2D eigenvalue weighted by Crippen LogP contribution is 2.29. The zero-order chi connectivity index (χ0) is 14.7. The molecule has 0 saturated carbocycles. The van der Waals surface area contributed by atoms with Crippen molar-refractivity contribution in [3.63, 3.8) is 0 Å². The Bertz CT molecular complexity index is 469. The van der Waals surface area contributed by atoms with Gasteiger partial charge in [0, 0.05) is 44.5 Å². The molecule has 1 fully saturated rings. The van der Waals surface area contributed by atoms with E-state index in [0.717, 1.165) is 39.4 Å². The van der Waals surface area contributed by atoms with Crippen LogP contribution in [-0.4, -0.2) is 50.8 Å². The minimum atomic E-state index is 0.124. The molecule has 0 spiro atoms. The van der Waals surface area contributed by atoms with Crippen molar-refractivity contribution in [2.75, 3.05) is 50.8 Å². The first-order valence-corrected chi connectivity index (χ1v) is 8.17. The van der Waals surface area contributed by atoms with Gasteiger partial charge in [-0.3, -0.25) is 4.90 Å². The van der Waals surface area contributed by atoms with E-state index >= 15 is 0 Å². The molecule has 1 saturated heterocycles. The van der Waals surface area contributed by atoms with Gasteiger partial charge < -0.3 is 15.4 Å². The second-order valence-corrected chi connectivity index (χ2v) is 6.22. The summed E-state index contributed by atoms with van der Waals surface area (Å²) in [5.41, 5.74) is 10.1. The van der Waals surface area contributed by atoms with Crippen molar-refractivity contribution in [2.24, 2.45) is 5.73 Å². The van der Waals surface area contributed by atoms with Crippen LogP contribution >= 0.6 is 0 Å². The number of nitrogens with zero attached hydrogens (tertiary/aromatic N) is 2. The third-order valence-corrected chi connectivity index (χ3v) is 4.63. The SMILES string of the molecule is CC(N)c1ccc2c(c1)CCCN2CCN1CCOCC1. The van der Waals surface area contributed by atoms with Crippen LogP contribution in [0.25, 0.3) is 0 Å². The fourth-order valence-electron chi connectivity index (χ4n) is 3.30. The Balaban J connectivity index is 1.65. The molecule has 1 atom stereocenters. The quantitative estimate of drug-likeness (QED) is 0.917. The van der Waals surface area contributed by atoms with E-state index in [4.69, 9.17) is 10.5 Å². The Kier molecular flexibility index (Phi) is 4.78. The largest absolute Gasteiger partial charge is 0.379 e. The lowest BCUT2D eigenvalue weighted by atomic mass is 9.97. The second kappa shape index (κ2) is 6.77. The van der Waals surface area contributed by atoms with Gasteiger partial charge in [-0.15, -0.1) is 0 Å². The molecule has 4 nitrogen and oxygen atoms in total. The molecule has 1 unspecified atom stereocenters. The molecular weight excluding hydrogens is 262 g/mol. The van der Waals surface area contributed by atoms with Crippen LogP contribution in [0.15, 0.2) is 18.2 Å². The number of fused-ring (bicyclic) bond motifs is 1. The fraction of sp³-hybridized carbons (Fsp3) is 0.647. The molecule has 2 aliphatic rings. The number of hydrogen-bond donors (Lipinski definition) is 1. The van der Waals surface area contributed by atoms with Gasteiger partial charge in [-0.05, 0) is 37.0 Å². The van der Waals surface area contributed by atoms with Crippen molar-refractivity contribution in [3.05, 3.63) is 29.3 Å². The number of ether oxygens (including phenoxy) is 1. The predicted molar refractivity (Wildman–Crippen MR) is 86.8 cm³/mol. The van der Waals surface area contributed by atoms with Crippen molar-refractivity contribution < 1.29 is 4.74 Å². The van der Waals surface area contributed by atoms with Gasteiger partial charge in [0.2, 0.25) is 0 Å². The Morgan fingerprint density at radius 1 is 1.19 bits per heavy atom. The molecule has 4 heteroatoms. The van der Waals surface area contributed by atoms with Crippen molar-refractivity contribution >= 4 is 5.69 Å². The van der Waals surface area contributed by atoms with Crippen molar-refractivity contribution in [1.82, 2.24) is 4.90 Å². The lowest BCUT2D eigenvalue weighted by Gasteiger charge is -2.35. The molecular formula is C17H27N3O. The third-order valence-electron chi connectivity index (χ3n) is 4.63. The highest BCUT2D eigenvalue weighted by molar-refractivity contribution is 5.57. The first-order valence-electron chi connectivity index (χ1n) is 8.17. The molecule has 116 valence electrons. The van der Waals surface area contributed by atoms with Gasteiger partial charge >= 0.3 is 0 Å². The molecule has 0 aliphatic carbocycles. The lowest BCUT2D eigenvalue weighted by molar-refractivity contribution is 0.0391. The number of nitrogens with two attached hydrogens (primary N) is 1. The van der Waals surface area contributed by atoms with E-state index in [1.165, 1.54) is 36.2 Å². The molecule has 0 amide bonds. The van der Waals surface area contributed by atoms with Crippen molar-refractivity contribution in [2.45, 2.75) is 25.8 Å². The number of hydrogen-bond acceptors (Lipinski definition) is 4. The van der Waals surface area contributed by atoms with Gasteiger partial charge in [-0.1, -0.05) is 12.1 Å². The molecule has 21 heavy (non-hydrogen) atoms. The molecule has 0 aromatic heterocycles. The van der Waals surface area contributed by atoms with Gasteiger partial charge in [0.25, 0.3) is 0 Å². The maximum absolute atomic E-state index is 6.01. The van der Waals surface area contributed by atoms with Crippen LogP contribution in [0.1, 0.15) is 30.5 Å². The highest BCUT2D eigenvalue weighted by atomic mass is 16.5. The monoisotopic (exact) mass is 289 g/mol. The van der Waals surface area contributed by atoms with Gasteiger partial charge in [0.1, 0.15) is 0 Å². The minimum Gasteiger partial charge on any atom is -0.379 e. The van der Waals surface area contributed by atoms with E-state index in [2.05, 4.69) is 34.9 Å². The summed E-state index contributed by atoms with van der Waals surface area (Å²) in [7, 11) is 0. The van der Waals surface area contributed by atoms with Crippen LogP contribution < -0.4 is 10.6 Å². The molecule has 2 heterocycles. The Labute approximate surface area is 127 Å². The van der Waals surface area contributed by atoms with Crippen LogP contribution in [0.5, 0.6) is 0 Å². The van der Waals surface area contributed by atoms with Crippen LogP contribution in [0.2, 0.25) is 0 Å². The number of rotatable bonds is 4. The Morgan fingerprint density at radius 3 is 2.76 bits per heavy atom. The first-order chi connectivity index (χ1) is 10.2. The number of anilines is 1. The van der Waals surface area contributed by atoms with E-state index in [-0.39, 0.29) is 6.04 Å². The van der Waals surface area contributed by atoms with Gasteiger partial charge in [-0.25, -0.2) is 0 Å². The average molecular weight is 289 g/mol. The molecule has 1 aromatic carbocycles. The Hall–Kier alpha value is -1.10. The van der Waals surface area contributed by atoms with Crippen LogP contribution in [-0.2, 0) is 11.2 Å². The second-order valence-electron chi connectivity index (χ2n) is 6.22. The summed E-state index contributed by atoms with van der Waals surface area (Å²) in [6, 6.07) is 6.89. The summed E-state index contributed by atoms with van der Waals surface area (Å²) < 4.78 is 5.42. The number of morpholine rings is 1. The summed E-state index contributed by atoms with van der Waals surface area (Å²) in [6.45, 7) is 9.40. The van der Waals surface area contributed by atoms with Crippen LogP contribution in [0, 0.1) is 0 Å². The molecule has 3 rings (SSSR count). The maximum Gasteiger partial charge on any atom is 0.0594 e. The molecule has 0 bridgehead atoms. The normalized spacial score (nSPS) is 21.1. The predicted octanol–water partition coefficient (Wildman–Crippen LogP) is 1.79. The number of aryl methyl sites for hydroxylation is 1. The van der Waals surface area contributed by atoms with Gasteiger partial charge in [0.15, 0.2) is 0 Å². The summed E-state index contributed by atoms with van der Waals surface area (Å²) in [6.07, 6.45) is 2.43. The minimum absolute atomic E-state index is 0.124. The molecule has 0 radical (unpaired) electrons. The van der Waals surface area contributed by atoms with E-state index in [0.29, 0.717) is 0 Å². The summed E-state index contributed by atoms with van der Waals surface area (Å²) in [5.74, 6) is 0. The molecule has 2 aliphatic heterocycles. The van der Waals surface area contributed by atoms with Gasteiger partial charge in [0.05, 0.1) is 13.2 Å². The topological polar surface area (TPSA) is 41.7 Å². The third kappa shape index (κ3) is 3.57. The standard InChI is InChI=1S/C17H27N3O/c1-14(18)15-4-5-17-16(13-15)3-2-6-20(17)8-7-19-9-11-21-12-10-19/h4-5,13-14H,2-3,6-12,18H2,1H3. The van der Waals surface area contributed by atoms with E-state index in [1.807, 2.05) is 0 Å². The van der Waals surface area contributed by atoms with Crippen LogP contribution in [0.4, 0.5) is 5.69 Å². The average Bonchev–Trinajstić information content (AvgIpc) is 2.53. The lowest BCUT2D eigenvalue weighted by Crippen LogP contribution is -2.42. The molecule has 1 aromatic rings. The van der Waals surface area contributed by atoms with Crippen molar-refractivity contribution in [3.8, 4) is 0 Å². The van der Waals surface area contributed by atoms with Crippen molar-refractivity contribution in [1.29, 1.82) is 0 Å². The first kappa shape index (κ1) is 14.8. The summed E-state index contributed by atoms with van der Waals surface area (Å²) >= 11 is 0. The zero-order valence-corrected chi connectivity index (χ0v) is 13.1. The number of benzene rings is 1. The maximum atomic E-state index is 6.01. The van der Waals surface area contributed by atoms with E-state index < -0.39 is 0 Å². The smallest absolute Gasteiger partial charge is 0.0594 e. The highest BCUT2D eigenvalue weighted by Gasteiger charge is 2.19. The van der Waals surface area contributed by atoms with E-state index in [1.54, 1.807) is 0 Å². The Morgan fingerprint density at radius 2 is 2.00 bits per heavy atom. The van der Waals surface area contributed by atoms with E-state index in [9.17, 15) is 0 Å². The fourth-order valence-corrected chi connectivity index (χ4v) is 3.30. The summed E-state index contributed by atoms with van der Waals surface area (Å²) in [5, 5.41) is 0.